The second-order valence-corrected chi connectivity index (χ2v) is 3.93. The van der Waals surface area contributed by atoms with Crippen molar-refractivity contribution in [3.05, 3.63) is 53.1 Å². The fourth-order valence-electron chi connectivity index (χ4n) is 1.37. The second-order valence-electron chi connectivity index (χ2n) is 3.93. The minimum absolute atomic E-state index is 0.0863. The summed E-state index contributed by atoms with van der Waals surface area (Å²) in [4.78, 5) is 10.8. The van der Waals surface area contributed by atoms with Crippen LogP contribution < -0.4 is 0 Å². The Labute approximate surface area is 97.5 Å². The van der Waals surface area contributed by atoms with Crippen molar-refractivity contribution in [2.45, 2.75) is 27.2 Å². The standard InChI is InChI=1S/C15H18O/c1-4-14(10-7-13(3)16)11-15-8-5-12(2)6-9-15/h5-11H,4H2,1-3H3/b10-7+,14-11+. The summed E-state index contributed by atoms with van der Waals surface area (Å²) in [6, 6.07) is 8.36. The first kappa shape index (κ1) is 12.4. The second kappa shape index (κ2) is 6.06. The lowest BCUT2D eigenvalue weighted by atomic mass is 10.1. The van der Waals surface area contributed by atoms with Gasteiger partial charge in [-0.1, -0.05) is 48.9 Å². The van der Waals surface area contributed by atoms with Gasteiger partial charge < -0.3 is 0 Å². The molecule has 0 spiro atoms. The van der Waals surface area contributed by atoms with Gasteiger partial charge in [0.1, 0.15) is 0 Å². The molecule has 1 rings (SSSR count). The summed E-state index contributed by atoms with van der Waals surface area (Å²) < 4.78 is 0. The average molecular weight is 214 g/mol. The van der Waals surface area contributed by atoms with E-state index in [4.69, 9.17) is 0 Å². The highest BCUT2D eigenvalue weighted by Gasteiger charge is 1.92. The fourth-order valence-corrected chi connectivity index (χ4v) is 1.37. The largest absolute Gasteiger partial charge is 0.295 e. The third kappa shape index (κ3) is 4.26. The Morgan fingerprint density at radius 3 is 2.31 bits per heavy atom. The number of ketones is 1. The van der Waals surface area contributed by atoms with E-state index >= 15 is 0 Å². The van der Waals surface area contributed by atoms with Crippen LogP contribution in [0.4, 0.5) is 0 Å². The van der Waals surface area contributed by atoms with Gasteiger partial charge in [0.15, 0.2) is 5.78 Å². The Hall–Kier alpha value is -1.63. The van der Waals surface area contributed by atoms with Crippen molar-refractivity contribution in [3.63, 3.8) is 0 Å². The summed E-state index contributed by atoms with van der Waals surface area (Å²) in [5.74, 6) is 0.0863. The van der Waals surface area contributed by atoms with E-state index < -0.39 is 0 Å². The Morgan fingerprint density at radius 2 is 1.81 bits per heavy atom. The minimum atomic E-state index is 0.0863. The maximum Gasteiger partial charge on any atom is 0.152 e. The van der Waals surface area contributed by atoms with Crippen LogP contribution in [0.2, 0.25) is 0 Å². The van der Waals surface area contributed by atoms with Gasteiger partial charge in [0.2, 0.25) is 0 Å². The molecule has 0 saturated carbocycles. The number of hydrogen-bond donors (Lipinski definition) is 0. The molecule has 1 nitrogen and oxygen atoms in total. The van der Waals surface area contributed by atoms with E-state index in [0.29, 0.717) is 0 Å². The summed E-state index contributed by atoms with van der Waals surface area (Å²) in [6.45, 7) is 5.73. The summed E-state index contributed by atoms with van der Waals surface area (Å²) in [7, 11) is 0. The summed E-state index contributed by atoms with van der Waals surface area (Å²) in [5, 5.41) is 0. The van der Waals surface area contributed by atoms with Gasteiger partial charge >= 0.3 is 0 Å². The van der Waals surface area contributed by atoms with Gasteiger partial charge in [0.25, 0.3) is 0 Å². The van der Waals surface area contributed by atoms with Crippen molar-refractivity contribution in [2.75, 3.05) is 0 Å². The maximum absolute atomic E-state index is 10.8. The third-order valence-corrected chi connectivity index (χ3v) is 2.37. The van der Waals surface area contributed by atoms with Crippen LogP contribution in [0.15, 0.2) is 42.0 Å². The number of rotatable bonds is 4. The number of allylic oxidation sites excluding steroid dienone is 3. The summed E-state index contributed by atoms with van der Waals surface area (Å²) >= 11 is 0. The zero-order valence-corrected chi connectivity index (χ0v) is 10.2. The zero-order chi connectivity index (χ0) is 12.0. The first-order valence-corrected chi connectivity index (χ1v) is 5.57. The minimum Gasteiger partial charge on any atom is -0.295 e. The van der Waals surface area contributed by atoms with Crippen molar-refractivity contribution in [3.8, 4) is 0 Å². The normalized spacial score (nSPS) is 12.1. The molecule has 0 aliphatic rings. The van der Waals surface area contributed by atoms with Gasteiger partial charge in [-0.25, -0.2) is 0 Å². The Kier molecular flexibility index (Phi) is 4.71. The number of carbonyl (C=O) groups excluding carboxylic acids is 1. The molecule has 0 N–H and O–H groups in total. The predicted octanol–water partition coefficient (Wildman–Crippen LogP) is 3.93. The van der Waals surface area contributed by atoms with Gasteiger partial charge in [-0.05, 0) is 37.5 Å². The van der Waals surface area contributed by atoms with Gasteiger partial charge in [0, 0.05) is 0 Å². The quantitative estimate of drug-likeness (QED) is 0.548. The van der Waals surface area contributed by atoms with Crippen LogP contribution >= 0.6 is 0 Å². The van der Waals surface area contributed by atoms with Crippen LogP contribution in [0.1, 0.15) is 31.4 Å². The average Bonchev–Trinajstić information content (AvgIpc) is 2.26. The molecular weight excluding hydrogens is 196 g/mol. The molecular formula is C15H18O. The molecule has 16 heavy (non-hydrogen) atoms. The molecule has 0 aliphatic heterocycles. The van der Waals surface area contributed by atoms with E-state index in [9.17, 15) is 4.79 Å². The van der Waals surface area contributed by atoms with Crippen LogP contribution in [-0.2, 0) is 4.79 Å². The van der Waals surface area contributed by atoms with E-state index in [2.05, 4.69) is 44.2 Å². The molecule has 0 heterocycles. The van der Waals surface area contributed by atoms with Gasteiger partial charge in [-0.15, -0.1) is 0 Å². The number of aryl methyl sites for hydroxylation is 1. The van der Waals surface area contributed by atoms with Crippen LogP contribution in [-0.4, -0.2) is 5.78 Å². The highest BCUT2D eigenvalue weighted by atomic mass is 16.1. The number of benzene rings is 1. The highest BCUT2D eigenvalue weighted by Crippen LogP contribution is 2.12. The summed E-state index contributed by atoms with van der Waals surface area (Å²) in [6.07, 6.45) is 6.54. The topological polar surface area (TPSA) is 17.1 Å². The molecule has 1 heteroatoms. The number of carbonyl (C=O) groups is 1. The molecule has 84 valence electrons. The monoisotopic (exact) mass is 214 g/mol. The Balaban J connectivity index is 2.87. The van der Waals surface area contributed by atoms with Crippen molar-refractivity contribution in [1.82, 2.24) is 0 Å². The molecule has 0 amide bonds. The molecule has 0 bridgehead atoms. The van der Waals surface area contributed by atoms with E-state index in [-0.39, 0.29) is 5.78 Å². The van der Waals surface area contributed by atoms with E-state index in [1.807, 2.05) is 6.08 Å². The predicted molar refractivity (Wildman–Crippen MR) is 69.3 cm³/mol. The zero-order valence-electron chi connectivity index (χ0n) is 10.2. The molecule has 0 atom stereocenters. The van der Waals surface area contributed by atoms with Crippen molar-refractivity contribution in [1.29, 1.82) is 0 Å². The van der Waals surface area contributed by atoms with Crippen LogP contribution in [0.5, 0.6) is 0 Å². The molecule has 0 aliphatic carbocycles. The molecule has 0 saturated heterocycles. The first-order valence-electron chi connectivity index (χ1n) is 5.57. The Morgan fingerprint density at radius 1 is 1.19 bits per heavy atom. The van der Waals surface area contributed by atoms with Crippen molar-refractivity contribution < 1.29 is 4.79 Å². The smallest absolute Gasteiger partial charge is 0.152 e. The fraction of sp³-hybridized carbons (Fsp3) is 0.267. The lowest BCUT2D eigenvalue weighted by Gasteiger charge is -1.99. The molecule has 1 aromatic carbocycles. The SMILES string of the molecule is CCC(/C=C/C(C)=O)=C\c1ccc(C)cc1. The van der Waals surface area contributed by atoms with Crippen LogP contribution in [0.25, 0.3) is 6.08 Å². The van der Waals surface area contributed by atoms with Crippen molar-refractivity contribution >= 4 is 11.9 Å². The molecule has 0 fully saturated rings. The molecule has 0 aromatic heterocycles. The van der Waals surface area contributed by atoms with Crippen LogP contribution in [0, 0.1) is 6.92 Å². The van der Waals surface area contributed by atoms with Crippen LogP contribution in [0.3, 0.4) is 0 Å². The van der Waals surface area contributed by atoms with Gasteiger partial charge in [-0.3, -0.25) is 4.79 Å². The Bertz CT molecular complexity index is 408. The lowest BCUT2D eigenvalue weighted by molar-refractivity contribution is -0.112. The first-order chi connectivity index (χ1) is 7.61. The highest BCUT2D eigenvalue weighted by molar-refractivity contribution is 5.87. The summed E-state index contributed by atoms with van der Waals surface area (Å²) in [5.41, 5.74) is 3.60. The van der Waals surface area contributed by atoms with E-state index in [0.717, 1.165) is 6.42 Å². The number of hydrogen-bond acceptors (Lipinski definition) is 1. The molecule has 0 unspecified atom stereocenters. The third-order valence-electron chi connectivity index (χ3n) is 2.37. The van der Waals surface area contributed by atoms with E-state index in [1.54, 1.807) is 13.0 Å². The van der Waals surface area contributed by atoms with Gasteiger partial charge in [-0.2, -0.15) is 0 Å². The lowest BCUT2D eigenvalue weighted by Crippen LogP contribution is -1.83. The van der Waals surface area contributed by atoms with Crippen molar-refractivity contribution in [2.24, 2.45) is 0 Å². The van der Waals surface area contributed by atoms with E-state index in [1.165, 1.54) is 16.7 Å². The maximum atomic E-state index is 10.8. The molecule has 1 aromatic rings. The van der Waals surface area contributed by atoms with Gasteiger partial charge in [0.05, 0.1) is 0 Å². The molecule has 0 radical (unpaired) electrons.